The first-order valence-electron chi connectivity index (χ1n) is 11.5. The molecule has 0 aliphatic rings. The number of rotatable bonds is 11. The average Bonchev–Trinajstić information content (AvgIpc) is 3.19. The number of carbonyl (C=O) groups excluding carboxylic acids is 1. The molecular weight excluding hydrogens is 470 g/mol. The minimum absolute atomic E-state index is 0. The molecule has 0 saturated carbocycles. The van der Waals surface area contributed by atoms with Crippen LogP contribution in [0.25, 0.3) is 10.2 Å². The van der Waals surface area contributed by atoms with E-state index < -0.39 is 0 Å². The molecular formula is C26H36ClN3OS2. The molecule has 0 aliphatic carbocycles. The number of amides is 1. The van der Waals surface area contributed by atoms with Crippen molar-refractivity contribution < 1.29 is 4.79 Å². The van der Waals surface area contributed by atoms with Gasteiger partial charge in [0.15, 0.2) is 5.13 Å². The Morgan fingerprint density at radius 2 is 1.70 bits per heavy atom. The molecule has 180 valence electrons. The van der Waals surface area contributed by atoms with Gasteiger partial charge in [0.1, 0.15) is 0 Å². The highest BCUT2D eigenvalue weighted by Gasteiger charge is 2.21. The summed E-state index contributed by atoms with van der Waals surface area (Å²) in [6.07, 6.45) is 1.41. The van der Waals surface area contributed by atoms with Crippen molar-refractivity contribution in [2.24, 2.45) is 0 Å². The van der Waals surface area contributed by atoms with E-state index in [-0.39, 0.29) is 18.3 Å². The minimum atomic E-state index is 0. The van der Waals surface area contributed by atoms with E-state index in [0.717, 1.165) is 42.5 Å². The maximum Gasteiger partial charge on any atom is 0.228 e. The fraction of sp³-hybridized carbons (Fsp3) is 0.462. The molecule has 7 heteroatoms. The molecule has 0 spiro atoms. The van der Waals surface area contributed by atoms with E-state index in [9.17, 15) is 4.79 Å². The number of benzene rings is 2. The molecule has 0 radical (unpaired) electrons. The molecule has 4 nitrogen and oxygen atoms in total. The van der Waals surface area contributed by atoms with Crippen LogP contribution < -0.4 is 4.90 Å². The lowest BCUT2D eigenvalue weighted by atomic mass is 10.1. The zero-order valence-corrected chi connectivity index (χ0v) is 22.8. The third-order valence-corrected chi connectivity index (χ3v) is 8.03. The molecule has 2 aromatic carbocycles. The van der Waals surface area contributed by atoms with Crippen molar-refractivity contribution in [2.45, 2.75) is 52.4 Å². The number of aryl methyl sites for hydroxylation is 3. The van der Waals surface area contributed by atoms with Crippen LogP contribution in [-0.4, -0.2) is 47.7 Å². The minimum Gasteiger partial charge on any atom is -0.302 e. The average molecular weight is 506 g/mol. The van der Waals surface area contributed by atoms with Crippen LogP contribution in [0.4, 0.5) is 5.13 Å². The van der Waals surface area contributed by atoms with Gasteiger partial charge in [-0.05, 0) is 75.4 Å². The summed E-state index contributed by atoms with van der Waals surface area (Å²) in [4.78, 5) is 23.7. The van der Waals surface area contributed by atoms with Crippen molar-refractivity contribution in [2.75, 3.05) is 36.8 Å². The molecule has 1 aromatic heterocycles. The molecule has 0 fully saturated rings. The monoisotopic (exact) mass is 505 g/mol. The Hall–Kier alpha value is -1.60. The summed E-state index contributed by atoms with van der Waals surface area (Å²) in [6, 6.07) is 12.9. The molecule has 0 unspecified atom stereocenters. The third-order valence-electron chi connectivity index (χ3n) is 5.70. The van der Waals surface area contributed by atoms with Gasteiger partial charge in [-0.25, -0.2) is 4.98 Å². The number of halogens is 1. The van der Waals surface area contributed by atoms with Crippen LogP contribution in [0.5, 0.6) is 0 Å². The van der Waals surface area contributed by atoms with E-state index in [0.29, 0.717) is 13.0 Å². The van der Waals surface area contributed by atoms with Gasteiger partial charge in [0, 0.05) is 24.4 Å². The van der Waals surface area contributed by atoms with E-state index in [1.807, 2.05) is 16.7 Å². The maximum atomic E-state index is 13.3. The van der Waals surface area contributed by atoms with Crippen LogP contribution in [-0.2, 0) is 4.79 Å². The SMILES string of the molecule is CCN(CC)CCN(C(=O)CCCSc1ccc(C)cc1)c1nc2cc(C)cc(C)c2s1.Cl. The number of carbonyl (C=O) groups is 1. The van der Waals surface area contributed by atoms with Crippen molar-refractivity contribution in [1.29, 1.82) is 0 Å². The number of thioether (sulfide) groups is 1. The molecule has 3 aromatic rings. The second-order valence-corrected chi connectivity index (χ2v) is 10.4. The first-order chi connectivity index (χ1) is 15.4. The quantitative estimate of drug-likeness (QED) is 0.210. The van der Waals surface area contributed by atoms with Crippen molar-refractivity contribution in [3.63, 3.8) is 0 Å². The van der Waals surface area contributed by atoms with E-state index in [2.05, 4.69) is 75.9 Å². The Kier molecular flexibility index (Phi) is 11.2. The first kappa shape index (κ1) is 27.6. The third kappa shape index (κ3) is 7.71. The molecule has 0 aliphatic heterocycles. The predicted octanol–water partition coefficient (Wildman–Crippen LogP) is 6.89. The number of hydrogen-bond donors (Lipinski definition) is 0. The molecule has 0 saturated heterocycles. The number of hydrogen-bond acceptors (Lipinski definition) is 5. The number of aromatic nitrogens is 1. The Labute approximate surface area is 213 Å². The molecule has 0 atom stereocenters. The summed E-state index contributed by atoms with van der Waals surface area (Å²) < 4.78 is 1.18. The second kappa shape index (κ2) is 13.3. The first-order valence-corrected chi connectivity index (χ1v) is 13.3. The van der Waals surface area contributed by atoms with Crippen molar-refractivity contribution >= 4 is 56.8 Å². The van der Waals surface area contributed by atoms with Crippen LogP contribution >= 0.6 is 35.5 Å². The summed E-state index contributed by atoms with van der Waals surface area (Å²) >= 11 is 3.46. The Morgan fingerprint density at radius 3 is 2.36 bits per heavy atom. The summed E-state index contributed by atoms with van der Waals surface area (Å²) in [5.74, 6) is 1.12. The smallest absolute Gasteiger partial charge is 0.228 e. The number of anilines is 1. The van der Waals surface area contributed by atoms with Crippen LogP contribution in [0.3, 0.4) is 0 Å². The van der Waals surface area contributed by atoms with Gasteiger partial charge < -0.3 is 4.90 Å². The van der Waals surface area contributed by atoms with E-state index in [1.54, 1.807) is 11.3 Å². The Morgan fingerprint density at radius 1 is 1.00 bits per heavy atom. The Bertz CT molecular complexity index is 1030. The van der Waals surface area contributed by atoms with Gasteiger partial charge in [-0.15, -0.1) is 24.2 Å². The summed E-state index contributed by atoms with van der Waals surface area (Å²) in [7, 11) is 0. The molecule has 0 N–H and O–H groups in total. The lowest BCUT2D eigenvalue weighted by Crippen LogP contribution is -2.38. The van der Waals surface area contributed by atoms with E-state index in [1.165, 1.54) is 26.3 Å². The Balaban J connectivity index is 0.00000385. The highest BCUT2D eigenvalue weighted by Crippen LogP contribution is 2.32. The number of thiazole rings is 1. The normalized spacial score (nSPS) is 11.1. The lowest BCUT2D eigenvalue weighted by molar-refractivity contribution is -0.118. The van der Waals surface area contributed by atoms with Gasteiger partial charge in [0.05, 0.1) is 10.2 Å². The predicted molar refractivity (Wildman–Crippen MR) is 148 cm³/mol. The maximum absolute atomic E-state index is 13.3. The van der Waals surface area contributed by atoms with Gasteiger partial charge in [-0.1, -0.05) is 48.9 Å². The fourth-order valence-corrected chi connectivity index (χ4v) is 5.68. The zero-order chi connectivity index (χ0) is 23.1. The molecule has 1 amide bonds. The number of fused-ring (bicyclic) bond motifs is 1. The van der Waals surface area contributed by atoms with Crippen LogP contribution in [0, 0.1) is 20.8 Å². The van der Waals surface area contributed by atoms with Gasteiger partial charge >= 0.3 is 0 Å². The summed E-state index contributed by atoms with van der Waals surface area (Å²) in [5.41, 5.74) is 4.71. The van der Waals surface area contributed by atoms with E-state index >= 15 is 0 Å². The van der Waals surface area contributed by atoms with Crippen LogP contribution in [0.1, 0.15) is 43.4 Å². The molecule has 3 rings (SSSR count). The van der Waals surface area contributed by atoms with Crippen molar-refractivity contribution in [1.82, 2.24) is 9.88 Å². The number of likely N-dealkylation sites (N-methyl/N-ethyl adjacent to an activating group) is 1. The van der Waals surface area contributed by atoms with Gasteiger partial charge in [-0.3, -0.25) is 9.69 Å². The van der Waals surface area contributed by atoms with Gasteiger partial charge in [0.2, 0.25) is 5.91 Å². The summed E-state index contributed by atoms with van der Waals surface area (Å²) in [5, 5.41) is 0.831. The van der Waals surface area contributed by atoms with Crippen LogP contribution in [0.15, 0.2) is 41.3 Å². The van der Waals surface area contributed by atoms with Crippen LogP contribution in [0.2, 0.25) is 0 Å². The molecule has 0 bridgehead atoms. The van der Waals surface area contributed by atoms with Crippen molar-refractivity contribution in [3.05, 3.63) is 53.1 Å². The lowest BCUT2D eigenvalue weighted by Gasteiger charge is -2.24. The fourth-order valence-electron chi connectivity index (χ4n) is 3.77. The summed E-state index contributed by atoms with van der Waals surface area (Å²) in [6.45, 7) is 14.2. The zero-order valence-electron chi connectivity index (χ0n) is 20.4. The highest BCUT2D eigenvalue weighted by atomic mass is 35.5. The van der Waals surface area contributed by atoms with Crippen molar-refractivity contribution in [3.8, 4) is 0 Å². The molecule has 33 heavy (non-hydrogen) atoms. The standard InChI is InChI=1S/C26H35N3OS2.ClH/c1-6-28(7-2)14-15-29(26-27-23-18-20(4)17-21(5)25(23)32-26)24(30)9-8-16-31-22-12-10-19(3)11-13-22;/h10-13,17-18H,6-9,14-16H2,1-5H3;1H. The van der Waals surface area contributed by atoms with Gasteiger partial charge in [0.25, 0.3) is 0 Å². The highest BCUT2D eigenvalue weighted by molar-refractivity contribution is 7.99. The second-order valence-electron chi connectivity index (χ2n) is 8.26. The van der Waals surface area contributed by atoms with Gasteiger partial charge in [-0.2, -0.15) is 0 Å². The largest absolute Gasteiger partial charge is 0.302 e. The topological polar surface area (TPSA) is 36.4 Å². The number of nitrogens with zero attached hydrogens (tertiary/aromatic N) is 3. The molecule has 1 heterocycles. The van der Waals surface area contributed by atoms with E-state index in [4.69, 9.17) is 4.98 Å².